The van der Waals surface area contributed by atoms with E-state index in [1.54, 1.807) is 24.3 Å². The Hall–Kier alpha value is -1.90. The molecule has 1 heterocycles. The highest BCUT2D eigenvalue weighted by Gasteiger charge is 2.43. The zero-order valence-electron chi connectivity index (χ0n) is 15.1. The van der Waals surface area contributed by atoms with Crippen LogP contribution in [0.2, 0.25) is 0 Å². The van der Waals surface area contributed by atoms with Crippen LogP contribution in [-0.2, 0) is 10.2 Å². The van der Waals surface area contributed by atoms with Crippen LogP contribution in [0.1, 0.15) is 25.7 Å². The first-order valence-electron chi connectivity index (χ1n) is 9.09. The number of benzene rings is 2. The number of fused-ring (bicyclic) bond motifs is 1. The monoisotopic (exact) mass is 429 g/mol. The second-order valence-corrected chi connectivity index (χ2v) is 8.54. The van der Waals surface area contributed by atoms with Crippen molar-refractivity contribution in [3.63, 3.8) is 0 Å². The van der Waals surface area contributed by atoms with E-state index in [1.807, 2.05) is 0 Å². The SMILES string of the molecule is Cl.O=S1(=O)N(CCCNC2CCC2)c2ccccc2N1c1c(F)cccc1F. The van der Waals surface area contributed by atoms with E-state index in [1.165, 1.54) is 16.8 Å². The van der Waals surface area contributed by atoms with E-state index >= 15 is 0 Å². The minimum Gasteiger partial charge on any atom is -0.314 e. The standard InChI is InChI=1S/C19H21F2N3O2S.ClH/c20-15-8-4-9-16(21)19(15)24-18-11-2-1-10-17(18)23(27(24,25)26)13-5-12-22-14-6-3-7-14;/h1-2,4,8-11,14,22H,3,5-7,12-13H2;1H. The van der Waals surface area contributed by atoms with Gasteiger partial charge in [-0.1, -0.05) is 24.6 Å². The van der Waals surface area contributed by atoms with Crippen molar-refractivity contribution in [1.82, 2.24) is 5.32 Å². The molecule has 2 aromatic rings. The Morgan fingerprint density at radius 2 is 1.64 bits per heavy atom. The van der Waals surface area contributed by atoms with Gasteiger partial charge in [0, 0.05) is 12.6 Å². The Morgan fingerprint density at radius 1 is 1.00 bits per heavy atom. The van der Waals surface area contributed by atoms with Crippen LogP contribution in [0.15, 0.2) is 42.5 Å². The summed E-state index contributed by atoms with van der Waals surface area (Å²) in [6.07, 6.45) is 4.16. The molecule has 5 nitrogen and oxygen atoms in total. The van der Waals surface area contributed by atoms with Crippen LogP contribution in [0.25, 0.3) is 0 Å². The van der Waals surface area contributed by atoms with Gasteiger partial charge in [0.2, 0.25) is 0 Å². The summed E-state index contributed by atoms with van der Waals surface area (Å²) in [7, 11) is -4.12. The minimum absolute atomic E-state index is 0. The second kappa shape index (κ2) is 8.23. The van der Waals surface area contributed by atoms with E-state index in [4.69, 9.17) is 0 Å². The highest BCUT2D eigenvalue weighted by Crippen LogP contribution is 2.46. The Labute approximate surface area is 169 Å². The molecule has 9 heteroatoms. The molecule has 2 aliphatic rings. The first-order chi connectivity index (χ1) is 13.0. The lowest BCUT2D eigenvalue weighted by molar-refractivity contribution is 0.340. The molecule has 152 valence electrons. The third kappa shape index (κ3) is 3.56. The number of nitrogens with one attached hydrogen (secondary N) is 1. The van der Waals surface area contributed by atoms with E-state index in [0.717, 1.165) is 29.3 Å². The number of anilines is 3. The Kier molecular flexibility index (Phi) is 6.12. The van der Waals surface area contributed by atoms with E-state index in [2.05, 4.69) is 5.32 Å². The molecule has 4 rings (SSSR count). The van der Waals surface area contributed by atoms with Gasteiger partial charge in [-0.15, -0.1) is 12.4 Å². The Balaban J connectivity index is 0.00000225. The molecule has 1 fully saturated rings. The number of hydrogen-bond acceptors (Lipinski definition) is 3. The Morgan fingerprint density at radius 3 is 2.25 bits per heavy atom. The molecule has 1 aliphatic heterocycles. The van der Waals surface area contributed by atoms with Crippen LogP contribution in [0, 0.1) is 11.6 Å². The molecule has 0 unspecified atom stereocenters. The summed E-state index contributed by atoms with van der Waals surface area (Å²) < 4.78 is 57.0. The van der Waals surface area contributed by atoms with Crippen molar-refractivity contribution in [2.24, 2.45) is 0 Å². The molecular formula is C19H22ClF2N3O2S. The van der Waals surface area contributed by atoms with Gasteiger partial charge in [0.05, 0.1) is 11.4 Å². The quantitative estimate of drug-likeness (QED) is 0.703. The van der Waals surface area contributed by atoms with E-state index < -0.39 is 27.5 Å². The number of rotatable bonds is 6. The molecule has 1 N–H and O–H groups in total. The predicted octanol–water partition coefficient (Wildman–Crippen LogP) is 4.12. The molecule has 0 radical (unpaired) electrons. The van der Waals surface area contributed by atoms with Gasteiger partial charge < -0.3 is 5.32 Å². The molecule has 1 saturated carbocycles. The highest BCUT2D eigenvalue weighted by molar-refractivity contribution is 7.95. The number of halogens is 3. The molecule has 28 heavy (non-hydrogen) atoms. The molecule has 0 amide bonds. The summed E-state index contributed by atoms with van der Waals surface area (Å²) in [5, 5.41) is 3.40. The average molecular weight is 430 g/mol. The van der Waals surface area contributed by atoms with E-state index in [9.17, 15) is 17.2 Å². The van der Waals surface area contributed by atoms with Crippen molar-refractivity contribution in [1.29, 1.82) is 0 Å². The lowest BCUT2D eigenvalue weighted by atomic mass is 9.93. The fraction of sp³-hybridized carbons (Fsp3) is 0.368. The topological polar surface area (TPSA) is 52.7 Å². The van der Waals surface area contributed by atoms with Crippen LogP contribution in [0.5, 0.6) is 0 Å². The van der Waals surface area contributed by atoms with Gasteiger partial charge in [0.25, 0.3) is 0 Å². The Bertz CT molecular complexity index is 934. The van der Waals surface area contributed by atoms with Gasteiger partial charge in [0.1, 0.15) is 5.69 Å². The van der Waals surface area contributed by atoms with Crippen molar-refractivity contribution >= 4 is 39.7 Å². The molecule has 1 aliphatic carbocycles. The molecule has 0 atom stereocenters. The van der Waals surface area contributed by atoms with Gasteiger partial charge in [-0.05, 0) is 50.1 Å². The molecule has 0 saturated heterocycles. The van der Waals surface area contributed by atoms with Gasteiger partial charge in [-0.3, -0.25) is 4.31 Å². The highest BCUT2D eigenvalue weighted by atomic mass is 35.5. The fourth-order valence-corrected chi connectivity index (χ4v) is 5.26. The summed E-state index contributed by atoms with van der Waals surface area (Å²) in [5.41, 5.74) is 0.122. The molecule has 0 spiro atoms. The largest absolute Gasteiger partial charge is 0.331 e. The third-order valence-electron chi connectivity index (χ3n) is 5.10. The van der Waals surface area contributed by atoms with Crippen LogP contribution in [-0.4, -0.2) is 27.5 Å². The van der Waals surface area contributed by atoms with Crippen LogP contribution in [0.4, 0.5) is 25.8 Å². The number of para-hydroxylation sites is 3. The maximum atomic E-state index is 14.3. The van der Waals surface area contributed by atoms with Gasteiger partial charge in [0.15, 0.2) is 11.6 Å². The lowest BCUT2D eigenvalue weighted by Gasteiger charge is -2.27. The smallest absolute Gasteiger partial charge is 0.314 e. The van der Waals surface area contributed by atoms with Gasteiger partial charge in [-0.2, -0.15) is 8.42 Å². The van der Waals surface area contributed by atoms with Crippen molar-refractivity contribution in [2.45, 2.75) is 31.7 Å². The summed E-state index contributed by atoms with van der Waals surface area (Å²) in [6.45, 7) is 0.943. The van der Waals surface area contributed by atoms with Gasteiger partial charge in [-0.25, -0.2) is 13.1 Å². The second-order valence-electron chi connectivity index (χ2n) is 6.84. The zero-order valence-corrected chi connectivity index (χ0v) is 16.8. The minimum atomic E-state index is -4.12. The van der Waals surface area contributed by atoms with Crippen molar-refractivity contribution in [3.8, 4) is 0 Å². The zero-order chi connectivity index (χ0) is 19.0. The maximum absolute atomic E-state index is 14.3. The average Bonchev–Trinajstić information content (AvgIpc) is 2.81. The van der Waals surface area contributed by atoms with Crippen LogP contribution >= 0.6 is 12.4 Å². The summed E-state index contributed by atoms with van der Waals surface area (Å²) in [6, 6.07) is 10.4. The maximum Gasteiger partial charge on any atom is 0.331 e. The van der Waals surface area contributed by atoms with Crippen molar-refractivity contribution in [3.05, 3.63) is 54.1 Å². The molecule has 0 aromatic heterocycles. The first kappa shape index (κ1) is 20.8. The molecule has 2 aromatic carbocycles. The van der Waals surface area contributed by atoms with E-state index in [0.29, 0.717) is 24.7 Å². The van der Waals surface area contributed by atoms with Crippen molar-refractivity contribution < 1.29 is 17.2 Å². The number of nitrogens with zero attached hydrogens (tertiary/aromatic N) is 2. The van der Waals surface area contributed by atoms with Gasteiger partial charge >= 0.3 is 10.2 Å². The lowest BCUT2D eigenvalue weighted by Crippen LogP contribution is -2.39. The van der Waals surface area contributed by atoms with Crippen LogP contribution < -0.4 is 13.9 Å². The molecular weight excluding hydrogens is 408 g/mol. The molecule has 0 bridgehead atoms. The summed E-state index contributed by atoms with van der Waals surface area (Å²) in [5.74, 6) is -1.83. The third-order valence-corrected chi connectivity index (χ3v) is 6.87. The first-order valence-corrected chi connectivity index (χ1v) is 10.5. The van der Waals surface area contributed by atoms with Crippen LogP contribution in [0.3, 0.4) is 0 Å². The fourth-order valence-electron chi connectivity index (χ4n) is 3.49. The summed E-state index contributed by atoms with van der Waals surface area (Å²) >= 11 is 0. The predicted molar refractivity (Wildman–Crippen MR) is 109 cm³/mol. The summed E-state index contributed by atoms with van der Waals surface area (Å²) in [4.78, 5) is 0. The van der Waals surface area contributed by atoms with Crippen molar-refractivity contribution in [2.75, 3.05) is 21.7 Å². The normalized spacial score (nSPS) is 17.8. The van der Waals surface area contributed by atoms with E-state index in [-0.39, 0.29) is 24.6 Å². The number of hydrogen-bond donors (Lipinski definition) is 1.